The van der Waals surface area contributed by atoms with Gasteiger partial charge in [0.15, 0.2) is 23.0 Å². The van der Waals surface area contributed by atoms with E-state index in [2.05, 4.69) is 4.98 Å². The number of rotatable bonds is 24. The van der Waals surface area contributed by atoms with Gasteiger partial charge in [0, 0.05) is 18.7 Å². The van der Waals surface area contributed by atoms with Gasteiger partial charge in [0.1, 0.15) is 64.0 Å². The molecule has 0 amide bonds. The number of halogens is 3. The summed E-state index contributed by atoms with van der Waals surface area (Å²) in [6.45, 7) is 33.3. The van der Waals surface area contributed by atoms with E-state index in [1.54, 1.807) is 55.4 Å². The molecule has 2 unspecified atom stereocenters. The number of aromatic nitrogens is 1. The summed E-state index contributed by atoms with van der Waals surface area (Å²) >= 11 is 0. The fourth-order valence-corrected chi connectivity index (χ4v) is 8.41. The second-order valence-corrected chi connectivity index (χ2v) is 25.4. The predicted octanol–water partition coefficient (Wildman–Crippen LogP) is 12.4. The molecule has 0 saturated heterocycles. The Labute approximate surface area is 505 Å². The topological polar surface area (TPSA) is 273 Å². The Bertz CT molecular complexity index is 2840. The number of carbonyl (C=O) groups excluding carboxylic acids is 5. The normalized spacial score (nSPS) is 14.1. The maximum absolute atomic E-state index is 12.8. The third-order valence-electron chi connectivity index (χ3n) is 12.2. The SMILES string of the molecule is CC(C)[C@@H](Oc1ccccc1)C(C)(C)OC(=O)[C@H](C)CC(=O)OC(C)(C)C.CC(N)C(=O)OC(C)(C)[C@H](Oc1ccccc1)C(C)C.COc1ccnc(C(=O)CC(C)C(=O)OC(C)(C)[C@H](Oc2ccccc2)C(C)C)c1O.O=S(=O)(O)C(F)(F)F. The maximum atomic E-state index is 12.8. The average Bonchev–Trinajstić information content (AvgIpc) is 3.53. The van der Waals surface area contributed by atoms with E-state index < -0.39 is 91.7 Å². The number of esters is 4. The molecule has 0 aliphatic carbocycles. The fourth-order valence-electron chi connectivity index (χ4n) is 8.41. The van der Waals surface area contributed by atoms with Gasteiger partial charge in [0.25, 0.3) is 0 Å². The van der Waals surface area contributed by atoms with Gasteiger partial charge in [-0.3, -0.25) is 28.5 Å². The number of benzene rings is 3. The first-order chi connectivity index (χ1) is 39.4. The van der Waals surface area contributed by atoms with E-state index in [4.69, 9.17) is 56.6 Å². The van der Waals surface area contributed by atoms with Crippen molar-refractivity contribution in [3.8, 4) is 28.7 Å². The van der Waals surface area contributed by atoms with E-state index in [9.17, 15) is 42.3 Å². The van der Waals surface area contributed by atoms with Crippen LogP contribution >= 0.6 is 0 Å². The number of ketones is 1. The first kappa shape index (κ1) is 77.0. The zero-order valence-corrected chi connectivity index (χ0v) is 53.8. The minimum Gasteiger partial charge on any atom is -0.503 e. The molecule has 86 heavy (non-hydrogen) atoms. The van der Waals surface area contributed by atoms with Gasteiger partial charge in [0.05, 0.1) is 25.4 Å². The molecular weight excluding hydrogens is 1150 g/mol. The van der Waals surface area contributed by atoms with Crippen molar-refractivity contribution in [1.29, 1.82) is 0 Å². The van der Waals surface area contributed by atoms with Crippen molar-refractivity contribution in [3.05, 3.63) is 109 Å². The fraction of sp³-hybridized carbons (Fsp3) is 0.556. The monoisotopic (exact) mass is 1240 g/mol. The molecule has 4 rings (SSSR count). The van der Waals surface area contributed by atoms with Crippen molar-refractivity contribution in [2.45, 2.75) is 190 Å². The smallest absolute Gasteiger partial charge is 0.503 e. The van der Waals surface area contributed by atoms with Crippen LogP contribution in [-0.2, 0) is 48.2 Å². The number of carbonyl (C=O) groups is 5. The molecule has 0 bridgehead atoms. The quantitative estimate of drug-likeness (QED) is 0.0193. The summed E-state index contributed by atoms with van der Waals surface area (Å²) in [5.41, 5.74) is -3.24. The van der Waals surface area contributed by atoms with Crippen molar-refractivity contribution in [2.24, 2.45) is 35.3 Å². The van der Waals surface area contributed by atoms with E-state index in [1.165, 1.54) is 19.4 Å². The van der Waals surface area contributed by atoms with Gasteiger partial charge in [-0.2, -0.15) is 21.6 Å². The van der Waals surface area contributed by atoms with Crippen LogP contribution < -0.4 is 24.7 Å². The van der Waals surface area contributed by atoms with Crippen LogP contribution in [0.15, 0.2) is 103 Å². The van der Waals surface area contributed by atoms with Gasteiger partial charge in [-0.05, 0) is 123 Å². The van der Waals surface area contributed by atoms with Crippen molar-refractivity contribution in [2.75, 3.05) is 7.11 Å². The molecule has 23 heteroatoms. The van der Waals surface area contributed by atoms with E-state index in [-0.39, 0.29) is 60.0 Å². The Hall–Kier alpha value is -6.98. The molecule has 4 N–H and O–H groups in total. The summed E-state index contributed by atoms with van der Waals surface area (Å²) in [6.07, 6.45) is 0.203. The number of methoxy groups -OCH3 is 1. The highest BCUT2D eigenvalue weighted by atomic mass is 32.2. The third-order valence-corrected chi connectivity index (χ3v) is 12.8. The lowest BCUT2D eigenvalue weighted by molar-refractivity contribution is -0.176. The molecule has 6 atom stereocenters. The zero-order chi connectivity index (χ0) is 66.3. The highest BCUT2D eigenvalue weighted by Crippen LogP contribution is 2.33. The molecule has 1 heterocycles. The number of alkyl halides is 3. The van der Waals surface area contributed by atoms with Crippen LogP contribution in [0.1, 0.15) is 148 Å². The minimum absolute atomic E-state index is 0.0158. The van der Waals surface area contributed by atoms with Crippen molar-refractivity contribution in [1.82, 2.24) is 4.98 Å². The molecular formula is C63H91F3N2O17S. The van der Waals surface area contributed by atoms with Gasteiger partial charge in [0.2, 0.25) is 0 Å². The Morgan fingerprint density at radius 1 is 0.535 bits per heavy atom. The number of nitrogens with zero attached hydrogens (tertiary/aromatic N) is 1. The first-order valence-electron chi connectivity index (χ1n) is 28.0. The molecule has 0 fully saturated rings. The highest BCUT2D eigenvalue weighted by Gasteiger charge is 2.45. The number of Topliss-reactive ketones (excluding diaryl/α,β-unsaturated/α-hetero) is 1. The summed E-state index contributed by atoms with van der Waals surface area (Å²) in [7, 11) is -4.46. The Kier molecular flexibility index (Phi) is 30.3. The van der Waals surface area contributed by atoms with Crippen molar-refractivity contribution >= 4 is 39.8 Å². The summed E-state index contributed by atoms with van der Waals surface area (Å²) in [4.78, 5) is 65.5. The van der Waals surface area contributed by atoms with Crippen molar-refractivity contribution in [3.63, 3.8) is 0 Å². The van der Waals surface area contributed by atoms with Gasteiger partial charge in [-0.15, -0.1) is 0 Å². The molecule has 4 aromatic rings. The van der Waals surface area contributed by atoms with Crippen LogP contribution in [0, 0.1) is 29.6 Å². The number of nitrogens with two attached hydrogens (primary N) is 1. The number of para-hydroxylation sites is 3. The number of aromatic hydroxyl groups is 1. The van der Waals surface area contributed by atoms with Gasteiger partial charge >= 0.3 is 39.5 Å². The molecule has 0 aliphatic rings. The molecule has 482 valence electrons. The molecule has 0 aliphatic heterocycles. The standard InChI is InChI=1S/C24H31NO6.C22H34O5.C16H25NO3.CHF3O3S/c1-15(2)22(30-17-10-8-7-9-11-17)24(4,5)31-23(28)16(3)14-18(26)20-21(27)19(29-6)12-13-25-20;1-15(2)19(25-17-12-10-9-11-13-17)22(7,8)27-20(24)16(3)14-18(23)26-21(4,5)6;1-11(2)14(19-13-9-7-6-8-10-13)16(4,5)20-15(18)12(3)17;2-1(3,4)8(5,6)7/h7-13,15-16,22,27H,14H2,1-6H3;9-13,15-16,19H,14H2,1-8H3;6-12,14H,17H2,1-5H3;(H,5,6,7)/t16?,22-;16-,19-;12?,14-;/m111./s1. The molecule has 1 aromatic heterocycles. The first-order valence-corrected chi connectivity index (χ1v) is 29.4. The molecule has 3 aromatic carbocycles. The Morgan fingerprint density at radius 3 is 1.13 bits per heavy atom. The van der Waals surface area contributed by atoms with Crippen LogP contribution in [-0.4, -0.2) is 112 Å². The average molecular weight is 1240 g/mol. The van der Waals surface area contributed by atoms with E-state index in [0.717, 1.165) is 11.5 Å². The maximum Gasteiger partial charge on any atom is 0.522 e. The number of hydrogen-bond donors (Lipinski definition) is 3. The largest absolute Gasteiger partial charge is 0.522 e. The van der Waals surface area contributed by atoms with E-state index >= 15 is 0 Å². The van der Waals surface area contributed by atoms with E-state index in [1.807, 2.05) is 160 Å². The minimum atomic E-state index is -5.84. The molecule has 0 radical (unpaired) electrons. The van der Waals surface area contributed by atoms with Gasteiger partial charge in [-0.25, -0.2) is 4.98 Å². The third kappa shape index (κ3) is 27.2. The lowest BCUT2D eigenvalue weighted by Gasteiger charge is -2.37. The summed E-state index contributed by atoms with van der Waals surface area (Å²) < 4.78 is 103. The zero-order valence-electron chi connectivity index (χ0n) is 53.0. The lowest BCUT2D eigenvalue weighted by atomic mass is 9.91. The van der Waals surface area contributed by atoms with Crippen LogP contribution in [0.25, 0.3) is 0 Å². The lowest BCUT2D eigenvalue weighted by Crippen LogP contribution is -2.49. The number of ether oxygens (including phenoxy) is 8. The van der Waals surface area contributed by atoms with Crippen molar-refractivity contribution < 1.29 is 93.1 Å². The van der Waals surface area contributed by atoms with E-state index in [0.29, 0.717) is 5.75 Å². The molecule has 19 nitrogen and oxygen atoms in total. The summed E-state index contributed by atoms with van der Waals surface area (Å²) in [5, 5.41) is 10.1. The number of hydrogen-bond acceptors (Lipinski definition) is 18. The summed E-state index contributed by atoms with van der Waals surface area (Å²) in [6, 6.07) is 29.1. The second-order valence-electron chi connectivity index (χ2n) is 24.0. The van der Waals surface area contributed by atoms with Crippen LogP contribution in [0.5, 0.6) is 28.7 Å². The van der Waals surface area contributed by atoms with Gasteiger partial charge < -0.3 is 48.7 Å². The van der Waals surface area contributed by atoms with Crippen LogP contribution in [0.3, 0.4) is 0 Å². The Balaban J connectivity index is 0.000000616. The number of pyridine rings is 1. The molecule has 0 spiro atoms. The van der Waals surface area contributed by atoms with Crippen LogP contribution in [0.2, 0.25) is 0 Å². The van der Waals surface area contributed by atoms with Crippen LogP contribution in [0.4, 0.5) is 13.2 Å². The Morgan fingerprint density at radius 2 is 0.849 bits per heavy atom. The second kappa shape index (κ2) is 33.8. The molecule has 0 saturated carbocycles. The predicted molar refractivity (Wildman–Crippen MR) is 319 cm³/mol. The highest BCUT2D eigenvalue weighted by molar-refractivity contribution is 7.86. The van der Waals surface area contributed by atoms with Gasteiger partial charge in [-0.1, -0.05) is 110 Å². The summed E-state index contributed by atoms with van der Waals surface area (Å²) in [5.74, 6) is -1.24.